The molecule has 0 spiro atoms. The standard InChI is InChI=1S/C13H25NO4/c1-5-17-12(15)11(13(16)18-6-2)10(8-14)7-9(3)4/h9-11H,5-8,14H2,1-4H3/t10-/m1/s1. The maximum atomic E-state index is 11.9. The summed E-state index contributed by atoms with van der Waals surface area (Å²) in [6.45, 7) is 8.22. The molecule has 0 aromatic heterocycles. The number of rotatable bonds is 8. The van der Waals surface area contributed by atoms with Gasteiger partial charge in [0.1, 0.15) is 0 Å². The van der Waals surface area contributed by atoms with Crippen molar-refractivity contribution in [3.05, 3.63) is 0 Å². The highest BCUT2D eigenvalue weighted by molar-refractivity contribution is 5.95. The van der Waals surface area contributed by atoms with Gasteiger partial charge in [-0.1, -0.05) is 13.8 Å². The first-order chi connectivity index (χ1) is 8.47. The lowest BCUT2D eigenvalue weighted by atomic mass is 9.85. The van der Waals surface area contributed by atoms with Crippen LogP contribution >= 0.6 is 0 Å². The van der Waals surface area contributed by atoms with Gasteiger partial charge in [0.15, 0.2) is 5.92 Å². The summed E-state index contributed by atoms with van der Waals surface area (Å²) < 4.78 is 9.88. The van der Waals surface area contributed by atoms with E-state index in [0.717, 1.165) is 0 Å². The van der Waals surface area contributed by atoms with Gasteiger partial charge < -0.3 is 15.2 Å². The third kappa shape index (κ3) is 5.49. The summed E-state index contributed by atoms with van der Waals surface area (Å²) in [7, 11) is 0. The number of hydrogen-bond acceptors (Lipinski definition) is 5. The Morgan fingerprint density at radius 1 is 1.06 bits per heavy atom. The van der Waals surface area contributed by atoms with Crippen molar-refractivity contribution in [2.45, 2.75) is 34.1 Å². The number of carbonyl (C=O) groups is 2. The number of esters is 2. The molecule has 0 aliphatic heterocycles. The van der Waals surface area contributed by atoms with Gasteiger partial charge >= 0.3 is 11.9 Å². The summed E-state index contributed by atoms with van der Waals surface area (Å²) in [5, 5.41) is 0. The zero-order chi connectivity index (χ0) is 14.1. The smallest absolute Gasteiger partial charge is 0.320 e. The average Bonchev–Trinajstić information content (AvgIpc) is 2.28. The lowest BCUT2D eigenvalue weighted by Gasteiger charge is -2.24. The van der Waals surface area contributed by atoms with Crippen molar-refractivity contribution in [2.75, 3.05) is 19.8 Å². The first-order valence-electron chi connectivity index (χ1n) is 6.51. The molecule has 0 bridgehead atoms. The van der Waals surface area contributed by atoms with Crippen molar-refractivity contribution in [3.8, 4) is 0 Å². The van der Waals surface area contributed by atoms with Crippen molar-refractivity contribution < 1.29 is 19.1 Å². The predicted molar refractivity (Wildman–Crippen MR) is 68.8 cm³/mol. The Morgan fingerprint density at radius 3 is 1.78 bits per heavy atom. The van der Waals surface area contributed by atoms with Gasteiger partial charge in [0, 0.05) is 0 Å². The fourth-order valence-corrected chi connectivity index (χ4v) is 1.92. The lowest BCUT2D eigenvalue weighted by Crippen LogP contribution is -2.38. The molecule has 0 radical (unpaired) electrons. The van der Waals surface area contributed by atoms with Gasteiger partial charge in [-0.2, -0.15) is 0 Å². The van der Waals surface area contributed by atoms with Crippen LogP contribution in [0.15, 0.2) is 0 Å². The zero-order valence-corrected chi connectivity index (χ0v) is 11.8. The molecule has 0 aliphatic carbocycles. The molecular weight excluding hydrogens is 234 g/mol. The van der Waals surface area contributed by atoms with Gasteiger partial charge in [-0.25, -0.2) is 0 Å². The molecule has 0 aliphatic rings. The highest BCUT2D eigenvalue weighted by Gasteiger charge is 2.36. The van der Waals surface area contributed by atoms with E-state index in [1.807, 2.05) is 13.8 Å². The Kier molecular flexibility index (Phi) is 8.37. The van der Waals surface area contributed by atoms with E-state index in [-0.39, 0.29) is 25.7 Å². The van der Waals surface area contributed by atoms with Crippen LogP contribution in [0.25, 0.3) is 0 Å². The van der Waals surface area contributed by atoms with Crippen molar-refractivity contribution in [1.82, 2.24) is 0 Å². The molecule has 18 heavy (non-hydrogen) atoms. The van der Waals surface area contributed by atoms with E-state index in [0.29, 0.717) is 12.3 Å². The lowest BCUT2D eigenvalue weighted by molar-refractivity contribution is -0.164. The summed E-state index contributed by atoms with van der Waals surface area (Å²) in [6, 6.07) is 0. The van der Waals surface area contributed by atoms with Gasteiger partial charge in [0.2, 0.25) is 0 Å². The van der Waals surface area contributed by atoms with E-state index in [1.165, 1.54) is 0 Å². The molecule has 0 rings (SSSR count). The highest BCUT2D eigenvalue weighted by atomic mass is 16.6. The topological polar surface area (TPSA) is 78.6 Å². The Bertz CT molecular complexity index is 248. The third-order valence-electron chi connectivity index (χ3n) is 2.63. The monoisotopic (exact) mass is 259 g/mol. The van der Waals surface area contributed by atoms with Crippen LogP contribution in [-0.2, 0) is 19.1 Å². The van der Waals surface area contributed by atoms with Crippen LogP contribution in [-0.4, -0.2) is 31.7 Å². The van der Waals surface area contributed by atoms with Crippen LogP contribution < -0.4 is 5.73 Å². The molecule has 0 heterocycles. The van der Waals surface area contributed by atoms with Gasteiger partial charge in [-0.05, 0) is 38.6 Å². The van der Waals surface area contributed by atoms with E-state index >= 15 is 0 Å². The molecule has 1 atom stereocenters. The summed E-state index contributed by atoms with van der Waals surface area (Å²) >= 11 is 0. The van der Waals surface area contributed by atoms with Crippen LogP contribution in [0.1, 0.15) is 34.1 Å². The summed E-state index contributed by atoms with van der Waals surface area (Å²) in [4.78, 5) is 23.7. The van der Waals surface area contributed by atoms with E-state index < -0.39 is 17.9 Å². The molecule has 0 saturated heterocycles. The van der Waals surface area contributed by atoms with Crippen LogP contribution in [0, 0.1) is 17.8 Å². The second-order valence-corrected chi connectivity index (χ2v) is 4.61. The molecule has 0 unspecified atom stereocenters. The van der Waals surface area contributed by atoms with Crippen LogP contribution in [0.5, 0.6) is 0 Å². The second kappa shape index (κ2) is 8.91. The van der Waals surface area contributed by atoms with E-state index in [9.17, 15) is 9.59 Å². The average molecular weight is 259 g/mol. The Labute approximate surface area is 109 Å². The summed E-state index contributed by atoms with van der Waals surface area (Å²) in [6.07, 6.45) is 0.693. The number of nitrogens with two attached hydrogens (primary N) is 1. The molecule has 0 aromatic rings. The van der Waals surface area contributed by atoms with Gasteiger partial charge in [0.25, 0.3) is 0 Å². The van der Waals surface area contributed by atoms with Crippen LogP contribution in [0.4, 0.5) is 0 Å². The highest BCUT2D eigenvalue weighted by Crippen LogP contribution is 2.22. The van der Waals surface area contributed by atoms with Crippen LogP contribution in [0.3, 0.4) is 0 Å². The SMILES string of the molecule is CCOC(=O)C(C(=O)OCC)[C@@H](CN)CC(C)C. The Hall–Kier alpha value is -1.10. The van der Waals surface area contributed by atoms with Crippen LogP contribution in [0.2, 0.25) is 0 Å². The van der Waals surface area contributed by atoms with E-state index in [4.69, 9.17) is 15.2 Å². The number of hydrogen-bond donors (Lipinski definition) is 1. The molecule has 0 aromatic carbocycles. The van der Waals surface area contributed by atoms with Crippen molar-refractivity contribution >= 4 is 11.9 Å². The fraction of sp³-hybridized carbons (Fsp3) is 0.846. The molecule has 0 amide bonds. The van der Waals surface area contributed by atoms with Gasteiger partial charge in [0.05, 0.1) is 13.2 Å². The number of carbonyl (C=O) groups excluding carboxylic acids is 2. The largest absolute Gasteiger partial charge is 0.465 e. The van der Waals surface area contributed by atoms with Gasteiger partial charge in [-0.15, -0.1) is 0 Å². The van der Waals surface area contributed by atoms with E-state index in [2.05, 4.69) is 0 Å². The molecule has 0 fully saturated rings. The number of ether oxygens (including phenoxy) is 2. The summed E-state index contributed by atoms with van der Waals surface area (Å²) in [5.41, 5.74) is 5.67. The molecule has 106 valence electrons. The van der Waals surface area contributed by atoms with Crippen molar-refractivity contribution in [2.24, 2.45) is 23.5 Å². The minimum Gasteiger partial charge on any atom is -0.465 e. The summed E-state index contributed by atoms with van der Waals surface area (Å²) in [5.74, 6) is -1.86. The van der Waals surface area contributed by atoms with Crippen molar-refractivity contribution in [1.29, 1.82) is 0 Å². The van der Waals surface area contributed by atoms with E-state index in [1.54, 1.807) is 13.8 Å². The second-order valence-electron chi connectivity index (χ2n) is 4.61. The predicted octanol–water partition coefficient (Wildman–Crippen LogP) is 1.35. The molecule has 5 heteroatoms. The molecule has 0 saturated carbocycles. The molecule has 2 N–H and O–H groups in total. The fourth-order valence-electron chi connectivity index (χ4n) is 1.92. The molecular formula is C13H25NO4. The first-order valence-corrected chi connectivity index (χ1v) is 6.51. The first kappa shape index (κ1) is 16.9. The van der Waals surface area contributed by atoms with Crippen molar-refractivity contribution in [3.63, 3.8) is 0 Å². The minimum absolute atomic E-state index is 0.233. The minimum atomic E-state index is -0.905. The zero-order valence-electron chi connectivity index (χ0n) is 11.8. The normalized spacial score (nSPS) is 12.6. The Balaban J connectivity index is 4.91. The Morgan fingerprint density at radius 2 is 1.50 bits per heavy atom. The maximum Gasteiger partial charge on any atom is 0.320 e. The molecule has 5 nitrogen and oxygen atoms in total. The maximum absolute atomic E-state index is 11.9. The van der Waals surface area contributed by atoms with Gasteiger partial charge in [-0.3, -0.25) is 9.59 Å². The third-order valence-corrected chi connectivity index (χ3v) is 2.63. The quantitative estimate of drug-likeness (QED) is 0.526.